The molecule has 4 rings (SSSR count). The number of pyridine rings is 1. The van der Waals surface area contributed by atoms with Gasteiger partial charge in [0.1, 0.15) is 6.10 Å². The quantitative estimate of drug-likeness (QED) is 0.737. The molecule has 1 saturated heterocycles. The van der Waals surface area contributed by atoms with Crippen LogP contribution in [-0.2, 0) is 4.84 Å². The predicted molar refractivity (Wildman–Crippen MR) is 82.4 cm³/mol. The van der Waals surface area contributed by atoms with Crippen molar-refractivity contribution in [1.82, 2.24) is 15.0 Å². The number of hydroxylamine groups is 2. The van der Waals surface area contributed by atoms with Gasteiger partial charge in [0.15, 0.2) is 0 Å². The molecule has 0 saturated carbocycles. The second-order valence-electron chi connectivity index (χ2n) is 5.17. The van der Waals surface area contributed by atoms with Crippen molar-refractivity contribution >= 4 is 37.7 Å². The summed E-state index contributed by atoms with van der Waals surface area (Å²) in [5, 5.41) is 4.30. The molecule has 1 N–H and O–H groups in total. The molecule has 3 aromatic rings. The molecular weight excluding hydrogens is 318 g/mol. The second-order valence-corrected chi connectivity index (χ2v) is 6.08. The van der Waals surface area contributed by atoms with Crippen LogP contribution >= 0.6 is 15.9 Å². The Bertz CT molecular complexity index is 798. The van der Waals surface area contributed by atoms with Crippen LogP contribution in [0.3, 0.4) is 0 Å². The number of halogens is 1. The van der Waals surface area contributed by atoms with Crippen molar-refractivity contribution in [2.45, 2.75) is 12.5 Å². The monoisotopic (exact) mass is 331 g/mol. The summed E-state index contributed by atoms with van der Waals surface area (Å²) in [5.74, 6) is 0. The first kappa shape index (κ1) is 12.3. The number of aromatic nitrogens is 2. The fraction of sp³-hybridized carbons (Fsp3) is 0.267. The summed E-state index contributed by atoms with van der Waals surface area (Å²) in [6, 6.07) is 8.35. The van der Waals surface area contributed by atoms with Crippen molar-refractivity contribution in [2.75, 3.05) is 13.6 Å². The highest BCUT2D eigenvalue weighted by atomic mass is 79.9. The molecule has 2 aromatic heterocycles. The summed E-state index contributed by atoms with van der Waals surface area (Å²) in [6.45, 7) is 0.939. The molecule has 1 atom stereocenters. The van der Waals surface area contributed by atoms with Crippen LogP contribution in [0.15, 0.2) is 34.9 Å². The number of benzene rings is 1. The van der Waals surface area contributed by atoms with Gasteiger partial charge < -0.3 is 4.98 Å². The van der Waals surface area contributed by atoms with E-state index in [2.05, 4.69) is 50.2 Å². The van der Waals surface area contributed by atoms with E-state index in [-0.39, 0.29) is 6.10 Å². The first-order valence-electron chi connectivity index (χ1n) is 6.66. The molecule has 0 spiro atoms. The Balaban J connectivity index is 1.96. The summed E-state index contributed by atoms with van der Waals surface area (Å²) in [5.41, 5.74) is 3.20. The number of nitrogens with zero attached hydrogens (tertiary/aromatic N) is 2. The smallest absolute Gasteiger partial charge is 0.125 e. The maximum atomic E-state index is 5.82. The molecule has 4 nitrogen and oxygen atoms in total. The highest BCUT2D eigenvalue weighted by molar-refractivity contribution is 9.10. The summed E-state index contributed by atoms with van der Waals surface area (Å²) >= 11 is 3.52. The Morgan fingerprint density at radius 3 is 3.05 bits per heavy atom. The van der Waals surface area contributed by atoms with Crippen LogP contribution in [0.5, 0.6) is 0 Å². The number of aromatic amines is 1. The summed E-state index contributed by atoms with van der Waals surface area (Å²) in [7, 11) is 1.96. The minimum absolute atomic E-state index is 0.0419. The molecule has 3 heterocycles. The van der Waals surface area contributed by atoms with Crippen molar-refractivity contribution in [3.8, 4) is 0 Å². The SMILES string of the molecule is CN1CCC(c2nccc3c2[nH]c2cc(Br)ccc23)O1. The summed E-state index contributed by atoms with van der Waals surface area (Å²) in [4.78, 5) is 13.9. The molecule has 1 fully saturated rings. The Hall–Kier alpha value is -1.43. The van der Waals surface area contributed by atoms with E-state index in [0.29, 0.717) is 0 Å². The van der Waals surface area contributed by atoms with Gasteiger partial charge in [-0.25, -0.2) is 0 Å². The van der Waals surface area contributed by atoms with Crippen LogP contribution in [0.1, 0.15) is 18.2 Å². The van der Waals surface area contributed by atoms with E-state index >= 15 is 0 Å². The van der Waals surface area contributed by atoms with Gasteiger partial charge in [-0.3, -0.25) is 9.82 Å². The lowest BCUT2D eigenvalue weighted by Crippen LogP contribution is -2.11. The molecule has 1 aliphatic heterocycles. The zero-order chi connectivity index (χ0) is 13.7. The van der Waals surface area contributed by atoms with E-state index in [1.807, 2.05) is 18.3 Å². The van der Waals surface area contributed by atoms with Gasteiger partial charge in [-0.15, -0.1) is 0 Å². The highest BCUT2D eigenvalue weighted by Gasteiger charge is 2.26. The van der Waals surface area contributed by atoms with Gasteiger partial charge in [-0.2, -0.15) is 5.06 Å². The number of fused-ring (bicyclic) bond motifs is 3. The standard InChI is InChI=1S/C15H14BrN3O/c1-19-7-5-13(20-19)15-14-11(4-6-17-15)10-3-2-9(16)8-12(10)18-14/h2-4,6,8,13,18H,5,7H2,1H3. The van der Waals surface area contributed by atoms with Crippen molar-refractivity contribution in [1.29, 1.82) is 0 Å². The Kier molecular flexibility index (Phi) is 2.80. The number of nitrogens with one attached hydrogen (secondary N) is 1. The van der Waals surface area contributed by atoms with Gasteiger partial charge in [0.2, 0.25) is 0 Å². The van der Waals surface area contributed by atoms with Gasteiger partial charge in [0, 0.05) is 40.6 Å². The number of hydrogen-bond donors (Lipinski definition) is 1. The summed E-state index contributed by atoms with van der Waals surface area (Å²) < 4.78 is 1.07. The van der Waals surface area contributed by atoms with Gasteiger partial charge in [-0.05, 0) is 24.6 Å². The van der Waals surface area contributed by atoms with Crippen LogP contribution in [0.25, 0.3) is 21.8 Å². The van der Waals surface area contributed by atoms with Crippen LogP contribution < -0.4 is 0 Å². The number of hydrogen-bond acceptors (Lipinski definition) is 3. The second kappa shape index (κ2) is 4.55. The van der Waals surface area contributed by atoms with Gasteiger partial charge >= 0.3 is 0 Å². The van der Waals surface area contributed by atoms with Gasteiger partial charge in [0.25, 0.3) is 0 Å². The Labute approximate surface area is 124 Å². The fourth-order valence-corrected chi connectivity index (χ4v) is 3.24. The van der Waals surface area contributed by atoms with Crippen LogP contribution in [0, 0.1) is 0 Å². The molecule has 102 valence electrons. The molecule has 0 radical (unpaired) electrons. The molecule has 0 amide bonds. The average molecular weight is 332 g/mol. The van der Waals surface area contributed by atoms with E-state index in [1.165, 1.54) is 10.8 Å². The van der Waals surface area contributed by atoms with Crippen LogP contribution in [0.2, 0.25) is 0 Å². The minimum Gasteiger partial charge on any atom is -0.353 e. The van der Waals surface area contributed by atoms with Gasteiger partial charge in [-0.1, -0.05) is 22.0 Å². The highest BCUT2D eigenvalue weighted by Crippen LogP contribution is 2.34. The molecule has 0 bridgehead atoms. The predicted octanol–water partition coefficient (Wildman–Crippen LogP) is 3.79. The molecule has 5 heteroatoms. The third-order valence-corrected chi connectivity index (χ3v) is 4.32. The van der Waals surface area contributed by atoms with E-state index in [1.54, 1.807) is 0 Å². The van der Waals surface area contributed by atoms with E-state index < -0.39 is 0 Å². The normalized spacial score (nSPS) is 20.2. The number of rotatable bonds is 1. The van der Waals surface area contributed by atoms with Crippen molar-refractivity contribution < 1.29 is 4.84 Å². The first-order chi connectivity index (χ1) is 9.72. The Morgan fingerprint density at radius 1 is 1.35 bits per heavy atom. The van der Waals surface area contributed by atoms with Gasteiger partial charge in [0.05, 0.1) is 11.2 Å². The molecular formula is C15H14BrN3O. The fourth-order valence-electron chi connectivity index (χ4n) is 2.88. The topological polar surface area (TPSA) is 41.2 Å². The molecule has 20 heavy (non-hydrogen) atoms. The van der Waals surface area contributed by atoms with Crippen LogP contribution in [0.4, 0.5) is 0 Å². The molecule has 1 aromatic carbocycles. The lowest BCUT2D eigenvalue weighted by atomic mass is 10.1. The third-order valence-electron chi connectivity index (χ3n) is 3.83. The number of H-pyrrole nitrogens is 1. The van der Waals surface area contributed by atoms with E-state index in [9.17, 15) is 0 Å². The third kappa shape index (κ3) is 1.85. The average Bonchev–Trinajstić information content (AvgIpc) is 3.01. The molecule has 1 aliphatic rings. The molecule has 1 unspecified atom stereocenters. The zero-order valence-corrected chi connectivity index (χ0v) is 12.6. The van der Waals surface area contributed by atoms with Crippen molar-refractivity contribution in [3.63, 3.8) is 0 Å². The largest absolute Gasteiger partial charge is 0.353 e. The van der Waals surface area contributed by atoms with Crippen molar-refractivity contribution in [2.24, 2.45) is 0 Å². The van der Waals surface area contributed by atoms with Crippen LogP contribution in [-0.4, -0.2) is 28.6 Å². The summed E-state index contributed by atoms with van der Waals surface area (Å²) in [6.07, 6.45) is 2.89. The maximum absolute atomic E-state index is 5.82. The van der Waals surface area contributed by atoms with Crippen molar-refractivity contribution in [3.05, 3.63) is 40.6 Å². The van der Waals surface area contributed by atoms with E-state index in [0.717, 1.165) is 34.2 Å². The first-order valence-corrected chi connectivity index (χ1v) is 7.45. The lowest BCUT2D eigenvalue weighted by molar-refractivity contribution is -0.128. The Morgan fingerprint density at radius 2 is 2.25 bits per heavy atom. The lowest BCUT2D eigenvalue weighted by Gasteiger charge is -2.11. The molecule has 0 aliphatic carbocycles. The maximum Gasteiger partial charge on any atom is 0.125 e. The van der Waals surface area contributed by atoms with E-state index in [4.69, 9.17) is 4.84 Å². The minimum atomic E-state index is 0.0419. The zero-order valence-electron chi connectivity index (χ0n) is 11.1.